The second kappa shape index (κ2) is 5.71. The summed E-state index contributed by atoms with van der Waals surface area (Å²) in [6.07, 6.45) is 8.33. The molecular formula is C17H24O. The summed E-state index contributed by atoms with van der Waals surface area (Å²) in [4.78, 5) is 0. The Morgan fingerprint density at radius 2 is 1.83 bits per heavy atom. The van der Waals surface area contributed by atoms with Gasteiger partial charge < -0.3 is 5.11 Å². The molecule has 1 aromatic rings. The fourth-order valence-corrected chi connectivity index (χ4v) is 3.34. The largest absolute Gasteiger partial charge is 0.385 e. The van der Waals surface area contributed by atoms with Gasteiger partial charge in [-0.05, 0) is 31.2 Å². The molecule has 0 amide bonds. The second-order valence-electron chi connectivity index (χ2n) is 5.67. The molecule has 0 radical (unpaired) electrons. The van der Waals surface area contributed by atoms with Crippen molar-refractivity contribution >= 4 is 0 Å². The van der Waals surface area contributed by atoms with Crippen molar-refractivity contribution in [1.82, 2.24) is 0 Å². The number of aliphatic hydroxyl groups is 1. The molecule has 18 heavy (non-hydrogen) atoms. The summed E-state index contributed by atoms with van der Waals surface area (Å²) in [7, 11) is 0. The van der Waals surface area contributed by atoms with Gasteiger partial charge in [0.2, 0.25) is 0 Å². The summed E-state index contributed by atoms with van der Waals surface area (Å²) < 4.78 is 0. The van der Waals surface area contributed by atoms with Crippen molar-refractivity contribution in [2.75, 3.05) is 0 Å². The van der Waals surface area contributed by atoms with Crippen molar-refractivity contribution in [3.05, 3.63) is 48.6 Å². The predicted octanol–water partition coefficient (Wildman–Crippen LogP) is 4.28. The molecule has 1 heteroatoms. The highest BCUT2D eigenvalue weighted by Gasteiger charge is 2.37. The number of hydrogen-bond acceptors (Lipinski definition) is 1. The highest BCUT2D eigenvalue weighted by molar-refractivity contribution is 5.24. The van der Waals surface area contributed by atoms with Crippen LogP contribution in [-0.4, -0.2) is 5.11 Å². The molecule has 1 fully saturated rings. The third-order valence-electron chi connectivity index (χ3n) is 4.42. The fraction of sp³-hybridized carbons (Fsp3) is 0.529. The molecule has 2 atom stereocenters. The van der Waals surface area contributed by atoms with Crippen molar-refractivity contribution in [2.45, 2.75) is 44.6 Å². The highest BCUT2D eigenvalue weighted by Crippen LogP contribution is 2.41. The van der Waals surface area contributed by atoms with E-state index >= 15 is 0 Å². The summed E-state index contributed by atoms with van der Waals surface area (Å²) in [5.74, 6) is 0.728. The molecule has 0 saturated heterocycles. The van der Waals surface area contributed by atoms with E-state index in [-0.39, 0.29) is 5.92 Å². The van der Waals surface area contributed by atoms with E-state index in [2.05, 4.69) is 6.58 Å². The van der Waals surface area contributed by atoms with Crippen LogP contribution in [0.25, 0.3) is 0 Å². The molecule has 0 spiro atoms. The lowest BCUT2D eigenvalue weighted by Gasteiger charge is -2.38. The van der Waals surface area contributed by atoms with E-state index in [1.54, 1.807) is 0 Å². The first kappa shape index (κ1) is 13.4. The molecule has 1 saturated carbocycles. The molecule has 1 aliphatic carbocycles. The van der Waals surface area contributed by atoms with E-state index in [4.69, 9.17) is 0 Å². The maximum absolute atomic E-state index is 10.9. The van der Waals surface area contributed by atoms with Gasteiger partial charge in [0, 0.05) is 5.92 Å². The van der Waals surface area contributed by atoms with E-state index in [0.717, 1.165) is 5.56 Å². The van der Waals surface area contributed by atoms with Gasteiger partial charge in [-0.15, -0.1) is 6.58 Å². The Labute approximate surface area is 111 Å². The van der Waals surface area contributed by atoms with Crippen molar-refractivity contribution < 1.29 is 5.11 Å². The predicted molar refractivity (Wildman–Crippen MR) is 76.3 cm³/mol. The third-order valence-corrected chi connectivity index (χ3v) is 4.42. The zero-order valence-corrected chi connectivity index (χ0v) is 11.3. The van der Waals surface area contributed by atoms with E-state index in [1.165, 1.54) is 32.1 Å². The molecule has 0 aromatic heterocycles. The van der Waals surface area contributed by atoms with Gasteiger partial charge in [0.1, 0.15) is 0 Å². The average molecular weight is 244 g/mol. The van der Waals surface area contributed by atoms with Crippen LogP contribution in [0.1, 0.15) is 44.6 Å². The fourth-order valence-electron chi connectivity index (χ4n) is 3.34. The van der Waals surface area contributed by atoms with Crippen LogP contribution in [0, 0.1) is 11.8 Å². The monoisotopic (exact) mass is 244 g/mol. The summed E-state index contributed by atoms with van der Waals surface area (Å²) in [5, 5.41) is 10.9. The van der Waals surface area contributed by atoms with Gasteiger partial charge in [-0.2, -0.15) is 0 Å². The first-order valence-corrected chi connectivity index (χ1v) is 7.06. The Morgan fingerprint density at radius 3 is 2.39 bits per heavy atom. The minimum Gasteiger partial charge on any atom is -0.385 e. The molecule has 1 aromatic carbocycles. The Balaban J connectivity index is 2.22. The topological polar surface area (TPSA) is 20.2 Å². The lowest BCUT2D eigenvalue weighted by atomic mass is 9.70. The van der Waals surface area contributed by atoms with Crippen LogP contribution in [0.15, 0.2) is 43.0 Å². The van der Waals surface area contributed by atoms with Crippen LogP contribution in [0.5, 0.6) is 0 Å². The Hall–Kier alpha value is -1.08. The van der Waals surface area contributed by atoms with Gasteiger partial charge >= 0.3 is 0 Å². The molecule has 1 nitrogen and oxygen atoms in total. The SMILES string of the molecule is C=C[C@H](C1CCCCC1)[C@](C)(O)c1ccccc1. The summed E-state index contributed by atoms with van der Waals surface area (Å²) in [6, 6.07) is 10.00. The Morgan fingerprint density at radius 1 is 1.22 bits per heavy atom. The molecule has 0 unspecified atom stereocenters. The molecule has 1 aliphatic rings. The number of benzene rings is 1. The molecule has 0 bridgehead atoms. The van der Waals surface area contributed by atoms with Gasteiger partial charge in [-0.1, -0.05) is 55.7 Å². The van der Waals surface area contributed by atoms with Crippen molar-refractivity contribution in [3.8, 4) is 0 Å². The minimum absolute atomic E-state index is 0.153. The standard InChI is InChI=1S/C17H24O/c1-3-16(14-10-6-4-7-11-14)17(2,18)15-12-8-5-9-13-15/h3,5,8-9,12-14,16,18H,1,4,6-7,10-11H2,2H3/t16-,17-/m1/s1. The van der Waals surface area contributed by atoms with E-state index in [0.29, 0.717) is 5.92 Å². The van der Waals surface area contributed by atoms with E-state index in [9.17, 15) is 5.11 Å². The van der Waals surface area contributed by atoms with Crippen LogP contribution in [-0.2, 0) is 5.60 Å². The smallest absolute Gasteiger partial charge is 0.0933 e. The average Bonchev–Trinajstić information content (AvgIpc) is 2.41. The van der Waals surface area contributed by atoms with Gasteiger partial charge in [0.25, 0.3) is 0 Å². The van der Waals surface area contributed by atoms with E-state index < -0.39 is 5.60 Å². The zero-order valence-electron chi connectivity index (χ0n) is 11.3. The van der Waals surface area contributed by atoms with Crippen molar-refractivity contribution in [3.63, 3.8) is 0 Å². The molecule has 1 N–H and O–H groups in total. The summed E-state index contributed by atoms with van der Waals surface area (Å²) >= 11 is 0. The van der Waals surface area contributed by atoms with Crippen molar-refractivity contribution in [1.29, 1.82) is 0 Å². The minimum atomic E-state index is -0.801. The second-order valence-corrected chi connectivity index (χ2v) is 5.67. The maximum atomic E-state index is 10.9. The third kappa shape index (κ3) is 2.67. The Bertz CT molecular complexity index is 374. The normalized spacial score (nSPS) is 22.1. The van der Waals surface area contributed by atoms with Crippen LogP contribution in [0.2, 0.25) is 0 Å². The van der Waals surface area contributed by atoms with Gasteiger partial charge in [-0.3, -0.25) is 0 Å². The molecular weight excluding hydrogens is 220 g/mol. The zero-order chi connectivity index (χ0) is 13.0. The summed E-state index contributed by atoms with van der Waals surface area (Å²) in [5.41, 5.74) is 0.200. The summed E-state index contributed by atoms with van der Waals surface area (Å²) in [6.45, 7) is 5.90. The molecule has 2 rings (SSSR count). The van der Waals surface area contributed by atoms with Gasteiger partial charge in [-0.25, -0.2) is 0 Å². The lowest BCUT2D eigenvalue weighted by Crippen LogP contribution is -2.36. The lowest BCUT2D eigenvalue weighted by molar-refractivity contribution is -0.0171. The first-order valence-electron chi connectivity index (χ1n) is 7.06. The quantitative estimate of drug-likeness (QED) is 0.784. The molecule has 0 heterocycles. The number of hydrogen-bond donors (Lipinski definition) is 1. The van der Waals surface area contributed by atoms with Crippen LogP contribution in [0.4, 0.5) is 0 Å². The van der Waals surface area contributed by atoms with Crippen LogP contribution >= 0.6 is 0 Å². The number of rotatable bonds is 4. The molecule has 0 aliphatic heterocycles. The van der Waals surface area contributed by atoms with E-state index in [1.807, 2.05) is 43.3 Å². The highest BCUT2D eigenvalue weighted by atomic mass is 16.3. The van der Waals surface area contributed by atoms with Gasteiger partial charge in [0.15, 0.2) is 0 Å². The van der Waals surface area contributed by atoms with Crippen LogP contribution in [0.3, 0.4) is 0 Å². The maximum Gasteiger partial charge on any atom is 0.0933 e. The Kier molecular flexibility index (Phi) is 4.23. The van der Waals surface area contributed by atoms with Crippen molar-refractivity contribution in [2.24, 2.45) is 11.8 Å². The van der Waals surface area contributed by atoms with Gasteiger partial charge in [0.05, 0.1) is 5.60 Å². The first-order chi connectivity index (χ1) is 8.66. The molecule has 98 valence electrons. The van der Waals surface area contributed by atoms with Crippen LogP contribution < -0.4 is 0 Å².